The Balaban J connectivity index is 1.66. The molecule has 154 valence electrons. The Morgan fingerprint density at radius 1 is 1.23 bits per heavy atom. The van der Waals surface area contributed by atoms with E-state index >= 15 is 0 Å². The number of rotatable bonds is 8. The van der Waals surface area contributed by atoms with Crippen molar-refractivity contribution < 1.29 is 19.6 Å². The third kappa shape index (κ3) is 4.82. The van der Waals surface area contributed by atoms with Gasteiger partial charge >= 0.3 is 0 Å². The number of carbonyl (C=O) groups excluding carboxylic acids is 1. The number of nitrogens with one attached hydrogen (secondary N) is 2. The van der Waals surface area contributed by atoms with E-state index in [1.54, 1.807) is 6.92 Å². The van der Waals surface area contributed by atoms with Gasteiger partial charge in [-0.1, -0.05) is 36.4 Å². The van der Waals surface area contributed by atoms with Crippen LogP contribution in [0.4, 0.5) is 11.4 Å². The van der Waals surface area contributed by atoms with Crippen LogP contribution >= 0.6 is 0 Å². The average Bonchev–Trinajstić information content (AvgIpc) is 2.74. The number of hydrogen-bond donors (Lipinski definition) is 3. The lowest BCUT2D eigenvalue weighted by Crippen LogP contribution is -2.25. The summed E-state index contributed by atoms with van der Waals surface area (Å²) >= 11 is 0. The molecule has 0 unspecified atom stereocenters. The van der Waals surface area contributed by atoms with Crippen molar-refractivity contribution in [2.45, 2.75) is 6.92 Å². The zero-order valence-corrected chi connectivity index (χ0v) is 16.2. The number of hydrazone groups is 1. The Morgan fingerprint density at radius 3 is 2.77 bits per heavy atom. The van der Waals surface area contributed by atoms with Crippen LogP contribution in [0.25, 0.3) is 10.8 Å². The van der Waals surface area contributed by atoms with Crippen LogP contribution in [0.1, 0.15) is 12.5 Å². The molecule has 0 bridgehead atoms. The van der Waals surface area contributed by atoms with Crippen LogP contribution < -0.4 is 15.5 Å². The van der Waals surface area contributed by atoms with E-state index in [9.17, 15) is 20.0 Å². The SMILES string of the molecule is CCOc1cc([N+](=O)[O-])cc(C=NNC(=O)CNc2cccc3ccccc23)c1O. The summed E-state index contributed by atoms with van der Waals surface area (Å²) < 4.78 is 5.20. The second kappa shape index (κ2) is 9.37. The summed E-state index contributed by atoms with van der Waals surface area (Å²) in [5.41, 5.74) is 2.92. The number of nitro groups is 1. The van der Waals surface area contributed by atoms with E-state index in [-0.39, 0.29) is 35.9 Å². The third-order valence-corrected chi connectivity index (χ3v) is 4.22. The number of hydrogen-bond acceptors (Lipinski definition) is 7. The molecular formula is C21H20N4O5. The minimum atomic E-state index is -0.605. The van der Waals surface area contributed by atoms with Crippen molar-refractivity contribution in [2.75, 3.05) is 18.5 Å². The normalized spacial score (nSPS) is 10.8. The number of aromatic hydroxyl groups is 1. The molecular weight excluding hydrogens is 388 g/mol. The number of nitro benzene ring substituents is 1. The molecule has 0 spiro atoms. The number of ether oxygens (including phenoxy) is 1. The van der Waals surface area contributed by atoms with E-state index in [1.807, 2.05) is 42.5 Å². The molecule has 0 heterocycles. The van der Waals surface area contributed by atoms with Gasteiger partial charge in [-0.15, -0.1) is 0 Å². The first-order chi connectivity index (χ1) is 14.5. The van der Waals surface area contributed by atoms with Gasteiger partial charge in [-0.05, 0) is 18.4 Å². The number of fused-ring (bicyclic) bond motifs is 1. The highest BCUT2D eigenvalue weighted by Gasteiger charge is 2.16. The number of amides is 1. The van der Waals surface area contributed by atoms with Gasteiger partial charge in [0.1, 0.15) is 0 Å². The minimum absolute atomic E-state index is 0.0305. The van der Waals surface area contributed by atoms with Gasteiger partial charge in [0, 0.05) is 22.7 Å². The van der Waals surface area contributed by atoms with Crippen molar-refractivity contribution in [3.05, 3.63) is 70.3 Å². The minimum Gasteiger partial charge on any atom is -0.504 e. The Hall–Kier alpha value is -4.14. The molecule has 0 aliphatic heterocycles. The zero-order chi connectivity index (χ0) is 21.5. The summed E-state index contributed by atoms with van der Waals surface area (Å²) in [6.45, 7) is 1.88. The fraction of sp³-hybridized carbons (Fsp3) is 0.143. The molecule has 0 radical (unpaired) electrons. The summed E-state index contributed by atoms with van der Waals surface area (Å²) in [4.78, 5) is 22.5. The number of nitrogens with zero attached hydrogens (tertiary/aromatic N) is 2. The monoisotopic (exact) mass is 408 g/mol. The maximum absolute atomic E-state index is 12.1. The molecule has 0 aliphatic rings. The summed E-state index contributed by atoms with van der Waals surface area (Å²) in [6, 6.07) is 15.8. The van der Waals surface area contributed by atoms with Gasteiger partial charge in [-0.25, -0.2) is 5.43 Å². The molecule has 3 aromatic rings. The molecule has 0 saturated carbocycles. The smallest absolute Gasteiger partial charge is 0.274 e. The first kappa shape index (κ1) is 20.6. The summed E-state index contributed by atoms with van der Waals surface area (Å²) in [5, 5.41) is 30.1. The molecule has 0 aromatic heterocycles. The van der Waals surface area contributed by atoms with Crippen LogP contribution in [0.15, 0.2) is 59.7 Å². The fourth-order valence-electron chi connectivity index (χ4n) is 2.85. The van der Waals surface area contributed by atoms with Gasteiger partial charge in [-0.2, -0.15) is 5.10 Å². The van der Waals surface area contributed by atoms with Gasteiger partial charge in [0.05, 0.1) is 30.4 Å². The maximum Gasteiger partial charge on any atom is 0.274 e. The zero-order valence-electron chi connectivity index (χ0n) is 16.2. The van der Waals surface area contributed by atoms with Crippen molar-refractivity contribution in [3.8, 4) is 11.5 Å². The Kier molecular flexibility index (Phi) is 6.43. The third-order valence-electron chi connectivity index (χ3n) is 4.22. The van der Waals surface area contributed by atoms with Crippen LogP contribution in [-0.2, 0) is 4.79 Å². The van der Waals surface area contributed by atoms with Crippen LogP contribution in [0.5, 0.6) is 11.5 Å². The molecule has 3 N–H and O–H groups in total. The molecule has 0 atom stereocenters. The van der Waals surface area contributed by atoms with E-state index in [0.717, 1.165) is 34.8 Å². The molecule has 30 heavy (non-hydrogen) atoms. The number of anilines is 1. The predicted molar refractivity (Wildman–Crippen MR) is 114 cm³/mol. The van der Waals surface area contributed by atoms with Crippen LogP contribution in [-0.4, -0.2) is 35.3 Å². The van der Waals surface area contributed by atoms with E-state index in [4.69, 9.17) is 4.74 Å². The molecule has 1 amide bonds. The van der Waals surface area contributed by atoms with Gasteiger partial charge in [-0.3, -0.25) is 14.9 Å². The molecule has 9 heteroatoms. The van der Waals surface area contributed by atoms with Crippen molar-refractivity contribution in [1.82, 2.24) is 5.43 Å². The van der Waals surface area contributed by atoms with Crippen LogP contribution in [0, 0.1) is 10.1 Å². The Labute approximate surface area is 172 Å². The first-order valence-electron chi connectivity index (χ1n) is 9.17. The molecule has 0 aliphatic carbocycles. The highest BCUT2D eigenvalue weighted by molar-refractivity contribution is 5.95. The quantitative estimate of drug-likeness (QED) is 0.298. The van der Waals surface area contributed by atoms with Crippen molar-refractivity contribution in [3.63, 3.8) is 0 Å². The molecule has 3 rings (SSSR count). The lowest BCUT2D eigenvalue weighted by Gasteiger charge is -2.09. The predicted octanol–water partition coefficient (Wildman–Crippen LogP) is 3.41. The van der Waals surface area contributed by atoms with Crippen molar-refractivity contribution >= 4 is 34.3 Å². The Morgan fingerprint density at radius 2 is 2.00 bits per heavy atom. The molecule has 0 saturated heterocycles. The van der Waals surface area contributed by atoms with E-state index < -0.39 is 10.8 Å². The van der Waals surface area contributed by atoms with Crippen LogP contribution in [0.2, 0.25) is 0 Å². The van der Waals surface area contributed by atoms with Gasteiger partial charge in [0.2, 0.25) is 0 Å². The lowest BCUT2D eigenvalue weighted by molar-refractivity contribution is -0.385. The topological polar surface area (TPSA) is 126 Å². The largest absolute Gasteiger partial charge is 0.504 e. The molecule has 0 fully saturated rings. The average molecular weight is 408 g/mol. The van der Waals surface area contributed by atoms with Crippen LogP contribution in [0.3, 0.4) is 0 Å². The molecule has 3 aromatic carbocycles. The number of phenols is 1. The fourth-order valence-corrected chi connectivity index (χ4v) is 2.85. The standard InChI is InChI=1S/C21H20N4O5/c1-2-30-19-11-16(25(28)29)10-15(21(19)27)12-23-24-20(26)13-22-18-9-5-7-14-6-3-4-8-17(14)18/h3-12,22,27H,2,13H2,1H3,(H,24,26). The number of non-ortho nitro benzene ring substituents is 1. The lowest BCUT2D eigenvalue weighted by atomic mass is 10.1. The summed E-state index contributed by atoms with van der Waals surface area (Å²) in [7, 11) is 0. The first-order valence-corrected chi connectivity index (χ1v) is 9.17. The van der Waals surface area contributed by atoms with E-state index in [1.165, 1.54) is 0 Å². The maximum atomic E-state index is 12.1. The second-order valence-electron chi connectivity index (χ2n) is 6.25. The van der Waals surface area contributed by atoms with Crippen molar-refractivity contribution in [1.29, 1.82) is 0 Å². The van der Waals surface area contributed by atoms with Gasteiger partial charge < -0.3 is 15.2 Å². The summed E-state index contributed by atoms with van der Waals surface area (Å²) in [6.07, 6.45) is 1.13. The number of carbonyl (C=O) groups is 1. The van der Waals surface area contributed by atoms with Gasteiger partial charge in [0.15, 0.2) is 11.5 Å². The number of phenolic OH excluding ortho intramolecular Hbond substituents is 1. The van der Waals surface area contributed by atoms with Crippen molar-refractivity contribution in [2.24, 2.45) is 5.10 Å². The van der Waals surface area contributed by atoms with Gasteiger partial charge in [0.25, 0.3) is 11.6 Å². The van der Waals surface area contributed by atoms with E-state index in [0.29, 0.717) is 0 Å². The van der Waals surface area contributed by atoms with E-state index in [2.05, 4.69) is 15.8 Å². The highest BCUT2D eigenvalue weighted by Crippen LogP contribution is 2.33. The molecule has 9 nitrogen and oxygen atoms in total. The highest BCUT2D eigenvalue weighted by atomic mass is 16.6. The number of benzene rings is 3. The second-order valence-corrected chi connectivity index (χ2v) is 6.25. The Bertz CT molecular complexity index is 1110. The summed E-state index contributed by atoms with van der Waals surface area (Å²) in [5.74, 6) is -0.749.